The summed E-state index contributed by atoms with van der Waals surface area (Å²) in [6.45, 7) is 0. The molecule has 1 aliphatic rings. The van der Waals surface area contributed by atoms with Gasteiger partial charge in [0.1, 0.15) is 5.75 Å². The van der Waals surface area contributed by atoms with Gasteiger partial charge in [-0.1, -0.05) is 23.8 Å². The predicted molar refractivity (Wildman–Crippen MR) is 62.5 cm³/mol. The molecule has 0 radical (unpaired) electrons. The van der Waals surface area contributed by atoms with Gasteiger partial charge in [0.2, 0.25) is 0 Å². The van der Waals surface area contributed by atoms with Crippen LogP contribution in [0.2, 0.25) is 5.02 Å². The summed E-state index contributed by atoms with van der Waals surface area (Å²) in [5.41, 5.74) is 2.02. The van der Waals surface area contributed by atoms with Gasteiger partial charge < -0.3 is 10.1 Å². The Labute approximate surface area is 93.2 Å². The highest BCUT2D eigenvalue weighted by atomic mass is 35.5. The zero-order valence-corrected chi connectivity index (χ0v) is 9.34. The zero-order chi connectivity index (χ0) is 10.1. The van der Waals surface area contributed by atoms with Crippen LogP contribution < -0.4 is 10.1 Å². The Balaban J connectivity index is 2.54. The van der Waals surface area contributed by atoms with E-state index in [2.05, 4.69) is 5.32 Å². The van der Waals surface area contributed by atoms with Gasteiger partial charge in [0.05, 0.1) is 22.8 Å². The van der Waals surface area contributed by atoms with Crippen LogP contribution in [0.3, 0.4) is 0 Å². The first kappa shape index (κ1) is 9.74. The average molecular weight is 228 g/mol. The van der Waals surface area contributed by atoms with Gasteiger partial charge in [-0.25, -0.2) is 0 Å². The van der Waals surface area contributed by atoms with Gasteiger partial charge in [0.25, 0.3) is 0 Å². The standard InChI is InChI=1S/C10H10ClNOS/c1-13-8-4-3-7(11)10-6(8)2-5-9(14)12-10/h3-4H,2,5H2,1H3,(H,12,14). The lowest BCUT2D eigenvalue weighted by atomic mass is 10.0. The molecule has 2 nitrogen and oxygen atoms in total. The molecular weight excluding hydrogens is 218 g/mol. The second-order valence-electron chi connectivity index (χ2n) is 3.15. The Morgan fingerprint density at radius 1 is 1.43 bits per heavy atom. The molecular formula is C10H10ClNOS. The average Bonchev–Trinajstić information content (AvgIpc) is 2.19. The third kappa shape index (κ3) is 1.57. The van der Waals surface area contributed by atoms with Crippen LogP contribution in [0.1, 0.15) is 12.0 Å². The molecule has 1 aromatic carbocycles. The van der Waals surface area contributed by atoms with E-state index in [0.29, 0.717) is 5.02 Å². The van der Waals surface area contributed by atoms with Crippen molar-refractivity contribution in [1.29, 1.82) is 0 Å². The summed E-state index contributed by atoms with van der Waals surface area (Å²) in [6, 6.07) is 3.71. The summed E-state index contributed by atoms with van der Waals surface area (Å²) >= 11 is 11.2. The number of thiocarbonyl (C=S) groups is 1. The van der Waals surface area contributed by atoms with Crippen molar-refractivity contribution in [3.8, 4) is 5.75 Å². The first-order chi connectivity index (χ1) is 6.72. The van der Waals surface area contributed by atoms with Crippen LogP contribution >= 0.6 is 23.8 Å². The molecule has 14 heavy (non-hydrogen) atoms. The van der Waals surface area contributed by atoms with E-state index in [1.165, 1.54) is 0 Å². The highest BCUT2D eigenvalue weighted by Crippen LogP contribution is 2.36. The van der Waals surface area contributed by atoms with Gasteiger partial charge in [-0.3, -0.25) is 0 Å². The maximum absolute atomic E-state index is 6.06. The third-order valence-electron chi connectivity index (χ3n) is 2.31. The van der Waals surface area contributed by atoms with Crippen LogP contribution in [-0.4, -0.2) is 12.1 Å². The Bertz CT molecular complexity index is 392. The molecule has 1 heterocycles. The topological polar surface area (TPSA) is 21.3 Å². The largest absolute Gasteiger partial charge is 0.496 e. The van der Waals surface area contributed by atoms with Crippen molar-refractivity contribution < 1.29 is 4.74 Å². The van der Waals surface area contributed by atoms with E-state index in [1.807, 2.05) is 12.1 Å². The molecule has 0 saturated heterocycles. The number of fused-ring (bicyclic) bond motifs is 1. The highest BCUT2D eigenvalue weighted by molar-refractivity contribution is 7.80. The summed E-state index contributed by atoms with van der Waals surface area (Å²) in [6.07, 6.45) is 1.75. The van der Waals surface area contributed by atoms with Gasteiger partial charge in [-0.15, -0.1) is 0 Å². The minimum Gasteiger partial charge on any atom is -0.496 e. The number of hydrogen-bond acceptors (Lipinski definition) is 2. The van der Waals surface area contributed by atoms with Gasteiger partial charge >= 0.3 is 0 Å². The fourth-order valence-electron chi connectivity index (χ4n) is 1.62. The van der Waals surface area contributed by atoms with E-state index in [1.54, 1.807) is 7.11 Å². The summed E-state index contributed by atoms with van der Waals surface area (Å²) in [5, 5.41) is 3.82. The van der Waals surface area contributed by atoms with Gasteiger partial charge in [-0.05, 0) is 18.6 Å². The first-order valence-corrected chi connectivity index (χ1v) is 5.16. The number of hydrogen-bond donors (Lipinski definition) is 1. The fraction of sp³-hybridized carbons (Fsp3) is 0.300. The molecule has 0 fully saturated rings. The molecule has 1 aromatic rings. The third-order valence-corrected chi connectivity index (χ3v) is 2.93. The molecule has 1 aliphatic heterocycles. The number of halogens is 1. The van der Waals surface area contributed by atoms with Crippen LogP contribution in [0.5, 0.6) is 5.75 Å². The van der Waals surface area contributed by atoms with Crippen molar-refractivity contribution >= 4 is 34.5 Å². The molecule has 0 atom stereocenters. The van der Waals surface area contributed by atoms with Crippen molar-refractivity contribution in [3.05, 3.63) is 22.7 Å². The van der Waals surface area contributed by atoms with Crippen molar-refractivity contribution in [3.63, 3.8) is 0 Å². The molecule has 0 aliphatic carbocycles. The number of anilines is 1. The van der Waals surface area contributed by atoms with Crippen LogP contribution in [0.4, 0.5) is 5.69 Å². The number of rotatable bonds is 1. The second kappa shape index (κ2) is 3.75. The lowest BCUT2D eigenvalue weighted by Crippen LogP contribution is -2.18. The molecule has 2 rings (SSSR count). The van der Waals surface area contributed by atoms with Crippen LogP contribution in [0, 0.1) is 0 Å². The molecule has 0 aromatic heterocycles. The van der Waals surface area contributed by atoms with Crippen molar-refractivity contribution in [2.24, 2.45) is 0 Å². The lowest BCUT2D eigenvalue weighted by molar-refractivity contribution is 0.410. The number of ether oxygens (including phenoxy) is 1. The minimum absolute atomic E-state index is 0.697. The van der Waals surface area contributed by atoms with E-state index in [9.17, 15) is 0 Å². The normalized spacial score (nSPS) is 14.6. The van der Waals surface area contributed by atoms with Crippen LogP contribution in [-0.2, 0) is 6.42 Å². The van der Waals surface area contributed by atoms with E-state index < -0.39 is 0 Å². The molecule has 0 bridgehead atoms. The SMILES string of the molecule is COc1ccc(Cl)c2c1CCC(=S)N2. The highest BCUT2D eigenvalue weighted by Gasteiger charge is 2.18. The lowest BCUT2D eigenvalue weighted by Gasteiger charge is -2.21. The molecule has 1 N–H and O–H groups in total. The molecule has 74 valence electrons. The van der Waals surface area contributed by atoms with Crippen molar-refractivity contribution in [1.82, 2.24) is 0 Å². The summed E-state index contributed by atoms with van der Waals surface area (Å²) < 4.78 is 5.26. The summed E-state index contributed by atoms with van der Waals surface area (Å²) in [4.78, 5) is 0.840. The Hall–Kier alpha value is -0.800. The molecule has 0 saturated carbocycles. The fourth-order valence-corrected chi connectivity index (χ4v) is 2.04. The maximum Gasteiger partial charge on any atom is 0.124 e. The maximum atomic E-state index is 6.06. The number of benzene rings is 1. The van der Waals surface area contributed by atoms with Crippen molar-refractivity contribution in [2.45, 2.75) is 12.8 Å². The van der Waals surface area contributed by atoms with E-state index in [0.717, 1.165) is 34.8 Å². The number of nitrogens with one attached hydrogen (secondary N) is 1. The monoisotopic (exact) mass is 227 g/mol. The van der Waals surface area contributed by atoms with E-state index in [-0.39, 0.29) is 0 Å². The summed E-state index contributed by atoms with van der Waals surface area (Å²) in [5.74, 6) is 0.874. The van der Waals surface area contributed by atoms with Crippen LogP contribution in [0.25, 0.3) is 0 Å². The van der Waals surface area contributed by atoms with E-state index in [4.69, 9.17) is 28.6 Å². The molecule has 0 spiro atoms. The molecule has 4 heteroatoms. The summed E-state index contributed by atoms with van der Waals surface area (Å²) in [7, 11) is 1.66. The van der Waals surface area contributed by atoms with Gasteiger partial charge in [-0.2, -0.15) is 0 Å². The Morgan fingerprint density at radius 3 is 2.93 bits per heavy atom. The molecule has 0 amide bonds. The molecule has 0 unspecified atom stereocenters. The van der Waals surface area contributed by atoms with Gasteiger partial charge in [0, 0.05) is 12.0 Å². The van der Waals surface area contributed by atoms with Gasteiger partial charge in [0.15, 0.2) is 0 Å². The number of methoxy groups -OCH3 is 1. The van der Waals surface area contributed by atoms with E-state index >= 15 is 0 Å². The predicted octanol–water partition coefficient (Wildman–Crippen LogP) is 3.03. The quantitative estimate of drug-likeness (QED) is 0.746. The Morgan fingerprint density at radius 2 is 2.21 bits per heavy atom. The second-order valence-corrected chi connectivity index (χ2v) is 4.05. The first-order valence-electron chi connectivity index (χ1n) is 4.37. The minimum atomic E-state index is 0.697. The Kier molecular flexibility index (Phi) is 2.61. The zero-order valence-electron chi connectivity index (χ0n) is 7.76. The van der Waals surface area contributed by atoms with Crippen molar-refractivity contribution in [2.75, 3.05) is 12.4 Å². The smallest absolute Gasteiger partial charge is 0.124 e. The van der Waals surface area contributed by atoms with Crippen LogP contribution in [0.15, 0.2) is 12.1 Å².